The number of hydrogen-bond acceptors (Lipinski definition) is 4. The normalized spacial score (nSPS) is 11.3. The number of amides is 3. The van der Waals surface area contributed by atoms with Crippen LogP contribution in [0.2, 0.25) is 0 Å². The number of nitrogens with one attached hydrogen (secondary N) is 2. The van der Waals surface area contributed by atoms with Gasteiger partial charge in [-0.1, -0.05) is 12.1 Å². The molecule has 8 nitrogen and oxygen atoms in total. The summed E-state index contributed by atoms with van der Waals surface area (Å²) in [5.74, 6) is -1.49. The van der Waals surface area contributed by atoms with Gasteiger partial charge in [0.15, 0.2) is 0 Å². The summed E-state index contributed by atoms with van der Waals surface area (Å²) in [5.41, 5.74) is 5.70. The van der Waals surface area contributed by atoms with Gasteiger partial charge in [-0.05, 0) is 17.7 Å². The molecule has 0 heterocycles. The Morgan fingerprint density at radius 3 is 2.67 bits per heavy atom. The van der Waals surface area contributed by atoms with E-state index in [1.165, 1.54) is 7.11 Å². The molecule has 0 aromatic heterocycles. The molecular formula is C13H17N3O5. The number of urea groups is 1. The third-order valence-electron chi connectivity index (χ3n) is 2.60. The molecule has 0 aliphatic carbocycles. The van der Waals surface area contributed by atoms with Crippen molar-refractivity contribution in [1.29, 1.82) is 0 Å². The number of benzene rings is 1. The van der Waals surface area contributed by atoms with Crippen molar-refractivity contribution in [3.05, 3.63) is 29.8 Å². The molecule has 0 aliphatic heterocycles. The summed E-state index contributed by atoms with van der Waals surface area (Å²) in [7, 11) is 1.53. The monoisotopic (exact) mass is 295 g/mol. The van der Waals surface area contributed by atoms with E-state index in [2.05, 4.69) is 10.6 Å². The predicted molar refractivity (Wildman–Crippen MR) is 73.6 cm³/mol. The zero-order chi connectivity index (χ0) is 15.8. The molecule has 0 saturated heterocycles. The van der Waals surface area contributed by atoms with Gasteiger partial charge in [0, 0.05) is 6.54 Å². The van der Waals surface area contributed by atoms with E-state index >= 15 is 0 Å². The van der Waals surface area contributed by atoms with Gasteiger partial charge in [0.1, 0.15) is 11.8 Å². The number of methoxy groups -OCH3 is 1. The Morgan fingerprint density at radius 1 is 1.38 bits per heavy atom. The summed E-state index contributed by atoms with van der Waals surface area (Å²) < 4.78 is 5.04. The van der Waals surface area contributed by atoms with Gasteiger partial charge in [0.05, 0.1) is 13.5 Å². The first kappa shape index (κ1) is 16.3. The number of hydrogen-bond donors (Lipinski definition) is 4. The molecule has 114 valence electrons. The Kier molecular flexibility index (Phi) is 5.99. The fraction of sp³-hybridized carbons (Fsp3) is 0.308. The van der Waals surface area contributed by atoms with Crippen molar-refractivity contribution in [3.63, 3.8) is 0 Å². The molecule has 1 aromatic carbocycles. The van der Waals surface area contributed by atoms with Gasteiger partial charge in [-0.3, -0.25) is 4.79 Å². The SMILES string of the molecule is COc1cccc(CNC(=O)N[C@H](CC(N)=O)C(=O)O)c1. The first-order chi connectivity index (χ1) is 9.92. The van der Waals surface area contributed by atoms with Crippen LogP contribution in [0.1, 0.15) is 12.0 Å². The third kappa shape index (κ3) is 5.81. The second-order valence-electron chi connectivity index (χ2n) is 4.24. The first-order valence-electron chi connectivity index (χ1n) is 6.10. The van der Waals surface area contributed by atoms with Crippen LogP contribution in [0.15, 0.2) is 24.3 Å². The molecule has 0 bridgehead atoms. The second kappa shape index (κ2) is 7.73. The molecule has 3 amide bonds. The lowest BCUT2D eigenvalue weighted by Gasteiger charge is -2.13. The van der Waals surface area contributed by atoms with Gasteiger partial charge in [-0.25, -0.2) is 9.59 Å². The standard InChI is InChI=1S/C13H17N3O5/c1-21-9-4-2-3-8(5-9)7-15-13(20)16-10(12(18)19)6-11(14)17/h2-5,10H,6-7H2,1H3,(H2,14,17)(H,18,19)(H2,15,16,20)/t10-/m1/s1. The van der Waals surface area contributed by atoms with E-state index in [0.29, 0.717) is 5.75 Å². The minimum Gasteiger partial charge on any atom is -0.497 e. The highest BCUT2D eigenvalue weighted by Gasteiger charge is 2.21. The highest BCUT2D eigenvalue weighted by Crippen LogP contribution is 2.11. The smallest absolute Gasteiger partial charge is 0.326 e. The van der Waals surface area contributed by atoms with Crippen molar-refractivity contribution in [2.75, 3.05) is 7.11 Å². The molecule has 8 heteroatoms. The lowest BCUT2D eigenvalue weighted by Crippen LogP contribution is -2.47. The number of rotatable bonds is 7. The van der Waals surface area contributed by atoms with E-state index in [1.807, 2.05) is 0 Å². The van der Waals surface area contributed by atoms with E-state index in [0.717, 1.165) is 5.56 Å². The summed E-state index contributed by atoms with van der Waals surface area (Å²) in [6.07, 6.45) is -0.470. The number of ether oxygens (including phenoxy) is 1. The summed E-state index contributed by atoms with van der Waals surface area (Å²) in [6, 6.07) is 4.98. The van der Waals surface area contributed by atoms with Crippen molar-refractivity contribution < 1.29 is 24.2 Å². The van der Waals surface area contributed by atoms with Crippen LogP contribution in [0.5, 0.6) is 5.75 Å². The van der Waals surface area contributed by atoms with Crippen LogP contribution in [-0.4, -0.2) is 36.2 Å². The van der Waals surface area contributed by atoms with E-state index < -0.39 is 30.4 Å². The molecule has 0 saturated carbocycles. The molecule has 1 aromatic rings. The molecule has 1 rings (SSSR count). The maximum atomic E-state index is 11.6. The molecule has 0 unspecified atom stereocenters. The number of primary amides is 1. The van der Waals surface area contributed by atoms with Crippen molar-refractivity contribution in [2.24, 2.45) is 5.73 Å². The zero-order valence-electron chi connectivity index (χ0n) is 11.5. The van der Waals surface area contributed by atoms with Crippen LogP contribution >= 0.6 is 0 Å². The molecule has 0 aliphatic rings. The van der Waals surface area contributed by atoms with E-state index in [-0.39, 0.29) is 6.54 Å². The fourth-order valence-corrected chi connectivity index (χ4v) is 1.58. The molecule has 0 fully saturated rings. The molecule has 0 spiro atoms. The lowest BCUT2D eigenvalue weighted by atomic mass is 10.2. The van der Waals surface area contributed by atoms with Gasteiger partial charge >= 0.3 is 12.0 Å². The Labute approximate surface area is 121 Å². The quantitative estimate of drug-likeness (QED) is 0.554. The predicted octanol–water partition coefficient (Wildman–Crippen LogP) is -0.177. The van der Waals surface area contributed by atoms with Gasteiger partial charge < -0.3 is 26.2 Å². The van der Waals surface area contributed by atoms with Crippen LogP contribution in [0.4, 0.5) is 4.79 Å². The van der Waals surface area contributed by atoms with Crippen LogP contribution in [-0.2, 0) is 16.1 Å². The lowest BCUT2D eigenvalue weighted by molar-refractivity contribution is -0.140. The zero-order valence-corrected chi connectivity index (χ0v) is 11.5. The number of nitrogens with two attached hydrogens (primary N) is 1. The molecular weight excluding hydrogens is 278 g/mol. The third-order valence-corrected chi connectivity index (χ3v) is 2.60. The Balaban J connectivity index is 2.52. The summed E-state index contributed by atoms with van der Waals surface area (Å²) in [4.78, 5) is 33.2. The van der Waals surface area contributed by atoms with Crippen molar-refractivity contribution in [3.8, 4) is 5.75 Å². The largest absolute Gasteiger partial charge is 0.497 e. The van der Waals surface area contributed by atoms with Gasteiger partial charge in [0.25, 0.3) is 0 Å². The summed E-state index contributed by atoms with van der Waals surface area (Å²) >= 11 is 0. The Morgan fingerprint density at radius 2 is 2.10 bits per heavy atom. The Bertz CT molecular complexity index is 532. The van der Waals surface area contributed by atoms with Gasteiger partial charge in [-0.15, -0.1) is 0 Å². The first-order valence-corrected chi connectivity index (χ1v) is 6.10. The van der Waals surface area contributed by atoms with Crippen LogP contribution in [0.25, 0.3) is 0 Å². The van der Waals surface area contributed by atoms with Crippen LogP contribution in [0, 0.1) is 0 Å². The van der Waals surface area contributed by atoms with Crippen LogP contribution in [0.3, 0.4) is 0 Å². The van der Waals surface area contributed by atoms with E-state index in [9.17, 15) is 14.4 Å². The number of aliphatic carboxylic acids is 1. The maximum Gasteiger partial charge on any atom is 0.326 e. The number of carboxylic acids is 1. The minimum atomic E-state index is -1.35. The van der Waals surface area contributed by atoms with Gasteiger partial charge in [-0.2, -0.15) is 0 Å². The average Bonchev–Trinajstić information content (AvgIpc) is 2.44. The summed E-state index contributed by atoms with van der Waals surface area (Å²) in [6.45, 7) is 0.186. The van der Waals surface area contributed by atoms with E-state index in [1.54, 1.807) is 24.3 Å². The number of carbonyl (C=O) groups is 3. The molecule has 1 atom stereocenters. The number of carboxylic acid groups (broad SMARTS) is 1. The molecule has 21 heavy (non-hydrogen) atoms. The highest BCUT2D eigenvalue weighted by atomic mass is 16.5. The van der Waals surface area contributed by atoms with E-state index in [4.69, 9.17) is 15.6 Å². The van der Waals surface area contributed by atoms with Crippen LogP contribution < -0.4 is 21.1 Å². The highest BCUT2D eigenvalue weighted by molar-refractivity contribution is 5.87. The Hall–Kier alpha value is -2.77. The summed E-state index contributed by atoms with van der Waals surface area (Å²) in [5, 5.41) is 13.5. The number of carbonyl (C=O) groups excluding carboxylic acids is 2. The van der Waals surface area contributed by atoms with Crippen molar-refractivity contribution in [2.45, 2.75) is 19.0 Å². The van der Waals surface area contributed by atoms with Crippen molar-refractivity contribution in [1.82, 2.24) is 10.6 Å². The fourth-order valence-electron chi connectivity index (χ4n) is 1.58. The molecule has 0 radical (unpaired) electrons. The minimum absolute atomic E-state index is 0.186. The molecule has 5 N–H and O–H groups in total. The second-order valence-corrected chi connectivity index (χ2v) is 4.24. The van der Waals surface area contributed by atoms with Gasteiger partial charge in [0.2, 0.25) is 5.91 Å². The maximum absolute atomic E-state index is 11.6. The average molecular weight is 295 g/mol. The topological polar surface area (TPSA) is 131 Å². The van der Waals surface area contributed by atoms with Crippen molar-refractivity contribution >= 4 is 17.9 Å².